The minimum Gasteiger partial charge on any atom is -0.349 e. The molecular formula is C18H20FNO3S. The number of sulfone groups is 1. The van der Waals surface area contributed by atoms with E-state index in [1.807, 2.05) is 0 Å². The molecule has 2 aromatic rings. The van der Waals surface area contributed by atoms with Gasteiger partial charge in [0.25, 0.3) is 5.91 Å². The first kappa shape index (κ1) is 18.1. The fourth-order valence-corrected chi connectivity index (χ4v) is 3.22. The Bertz CT molecular complexity index is 816. The van der Waals surface area contributed by atoms with E-state index >= 15 is 0 Å². The van der Waals surface area contributed by atoms with E-state index in [4.69, 9.17) is 0 Å². The molecule has 1 amide bonds. The van der Waals surface area contributed by atoms with Gasteiger partial charge < -0.3 is 5.32 Å². The van der Waals surface area contributed by atoms with Crippen molar-refractivity contribution in [3.05, 3.63) is 65.5 Å². The van der Waals surface area contributed by atoms with E-state index in [9.17, 15) is 17.6 Å². The lowest BCUT2D eigenvalue weighted by molar-refractivity contribution is 0.0940. The summed E-state index contributed by atoms with van der Waals surface area (Å²) in [5, 5.41) is 2.79. The molecule has 0 unspecified atom stereocenters. The van der Waals surface area contributed by atoms with Crippen LogP contribution in [0.25, 0.3) is 0 Å². The lowest BCUT2D eigenvalue weighted by atomic mass is 10.1. The normalized spacial score (nSPS) is 12.6. The van der Waals surface area contributed by atoms with Crippen LogP contribution in [0.1, 0.15) is 29.8 Å². The smallest absolute Gasteiger partial charge is 0.251 e. The van der Waals surface area contributed by atoms with Crippen molar-refractivity contribution in [3.8, 4) is 0 Å². The Morgan fingerprint density at radius 1 is 1.12 bits per heavy atom. The number of hydrogen-bond donors (Lipinski definition) is 1. The molecular weight excluding hydrogens is 329 g/mol. The predicted octanol–water partition coefficient (Wildman–Crippen LogP) is 2.98. The van der Waals surface area contributed by atoms with Crippen molar-refractivity contribution in [1.82, 2.24) is 5.32 Å². The Morgan fingerprint density at radius 2 is 1.75 bits per heavy atom. The number of benzene rings is 2. The number of nitrogens with one attached hydrogen (secondary N) is 1. The van der Waals surface area contributed by atoms with Gasteiger partial charge in [-0.25, -0.2) is 12.8 Å². The fourth-order valence-electron chi connectivity index (χ4n) is 2.33. The standard InChI is InChI=1S/C18H20FNO3S/c1-3-24(22,23)16-10-8-14(9-11-16)18(21)20-13(2)12-15-6-4-5-7-17(15)19/h4-11,13H,3,12H2,1-2H3,(H,20,21)/t13-/m0/s1. The number of hydrogen-bond acceptors (Lipinski definition) is 3. The van der Waals surface area contributed by atoms with Crippen molar-refractivity contribution in [1.29, 1.82) is 0 Å². The molecule has 0 fully saturated rings. The molecule has 1 N–H and O–H groups in total. The molecule has 6 heteroatoms. The molecule has 0 aliphatic carbocycles. The fraction of sp³-hybridized carbons (Fsp3) is 0.278. The average Bonchev–Trinajstić information content (AvgIpc) is 2.57. The molecule has 0 heterocycles. The first-order valence-electron chi connectivity index (χ1n) is 7.70. The number of carbonyl (C=O) groups excluding carboxylic acids is 1. The van der Waals surface area contributed by atoms with E-state index in [0.29, 0.717) is 17.5 Å². The summed E-state index contributed by atoms with van der Waals surface area (Å²) >= 11 is 0. The monoisotopic (exact) mass is 349 g/mol. The summed E-state index contributed by atoms with van der Waals surface area (Å²) in [6, 6.07) is 12.0. The molecule has 0 spiro atoms. The molecule has 1 atom stereocenters. The third-order valence-corrected chi connectivity index (χ3v) is 5.47. The zero-order valence-corrected chi connectivity index (χ0v) is 14.4. The van der Waals surface area contributed by atoms with Crippen molar-refractivity contribution in [3.63, 3.8) is 0 Å². The third kappa shape index (κ3) is 4.41. The maximum Gasteiger partial charge on any atom is 0.251 e. The van der Waals surface area contributed by atoms with Crippen molar-refractivity contribution >= 4 is 15.7 Å². The molecule has 2 rings (SSSR count). The van der Waals surface area contributed by atoms with E-state index < -0.39 is 9.84 Å². The van der Waals surface area contributed by atoms with E-state index in [2.05, 4.69) is 5.32 Å². The molecule has 0 saturated carbocycles. The molecule has 0 bridgehead atoms. The van der Waals surface area contributed by atoms with Gasteiger partial charge in [0, 0.05) is 11.6 Å². The number of rotatable bonds is 6. The lowest BCUT2D eigenvalue weighted by Gasteiger charge is -2.14. The van der Waals surface area contributed by atoms with Crippen LogP contribution in [0.3, 0.4) is 0 Å². The van der Waals surface area contributed by atoms with E-state index in [1.165, 1.54) is 30.3 Å². The van der Waals surface area contributed by atoms with Gasteiger partial charge in [-0.15, -0.1) is 0 Å². The van der Waals surface area contributed by atoms with Crippen molar-refractivity contribution < 1.29 is 17.6 Å². The zero-order valence-electron chi connectivity index (χ0n) is 13.6. The van der Waals surface area contributed by atoms with Crippen molar-refractivity contribution in [2.75, 3.05) is 5.75 Å². The first-order valence-corrected chi connectivity index (χ1v) is 9.36. The summed E-state index contributed by atoms with van der Waals surface area (Å²) < 4.78 is 37.1. The van der Waals surface area contributed by atoms with Gasteiger partial charge in [0.15, 0.2) is 9.84 Å². The molecule has 0 aromatic heterocycles. The van der Waals surface area contributed by atoms with E-state index in [0.717, 1.165) is 0 Å². The Kier molecular flexibility index (Phi) is 5.72. The topological polar surface area (TPSA) is 63.2 Å². The Balaban J connectivity index is 2.03. The summed E-state index contributed by atoms with van der Waals surface area (Å²) in [4.78, 5) is 12.4. The number of halogens is 1. The van der Waals surface area contributed by atoms with Gasteiger partial charge >= 0.3 is 0 Å². The Morgan fingerprint density at radius 3 is 2.33 bits per heavy atom. The van der Waals surface area contributed by atoms with Gasteiger partial charge in [-0.05, 0) is 49.2 Å². The second-order valence-electron chi connectivity index (χ2n) is 5.60. The highest BCUT2D eigenvalue weighted by atomic mass is 32.2. The SMILES string of the molecule is CCS(=O)(=O)c1ccc(C(=O)N[C@@H](C)Cc2ccccc2F)cc1. The molecule has 4 nitrogen and oxygen atoms in total. The van der Waals surface area contributed by atoms with E-state index in [1.54, 1.807) is 32.0 Å². The largest absolute Gasteiger partial charge is 0.349 e. The molecule has 0 saturated heterocycles. The van der Waals surface area contributed by atoms with Gasteiger partial charge in [0.05, 0.1) is 10.6 Å². The van der Waals surface area contributed by atoms with Crippen LogP contribution in [0.4, 0.5) is 4.39 Å². The molecule has 128 valence electrons. The highest BCUT2D eigenvalue weighted by molar-refractivity contribution is 7.91. The minimum absolute atomic E-state index is 0.0121. The minimum atomic E-state index is -3.28. The highest BCUT2D eigenvalue weighted by Gasteiger charge is 2.15. The van der Waals surface area contributed by atoms with Gasteiger partial charge in [-0.3, -0.25) is 4.79 Å². The summed E-state index contributed by atoms with van der Waals surface area (Å²) in [7, 11) is -3.28. The van der Waals surface area contributed by atoms with Crippen LogP contribution in [0.2, 0.25) is 0 Å². The average molecular weight is 349 g/mol. The molecule has 2 aromatic carbocycles. The molecule has 0 aliphatic rings. The lowest BCUT2D eigenvalue weighted by Crippen LogP contribution is -2.34. The van der Waals surface area contributed by atoms with Crippen LogP contribution in [0, 0.1) is 5.82 Å². The van der Waals surface area contributed by atoms with Crippen molar-refractivity contribution in [2.24, 2.45) is 0 Å². The Labute approximate surface area is 141 Å². The van der Waals surface area contributed by atoms with Crippen LogP contribution in [-0.4, -0.2) is 26.1 Å². The van der Waals surface area contributed by atoms with E-state index in [-0.39, 0.29) is 28.4 Å². The zero-order chi connectivity index (χ0) is 17.7. The maximum absolute atomic E-state index is 13.6. The highest BCUT2D eigenvalue weighted by Crippen LogP contribution is 2.13. The summed E-state index contributed by atoms with van der Waals surface area (Å²) in [6.45, 7) is 3.36. The summed E-state index contributed by atoms with van der Waals surface area (Å²) in [5.41, 5.74) is 0.903. The quantitative estimate of drug-likeness (QED) is 0.872. The predicted molar refractivity (Wildman–Crippen MR) is 91.2 cm³/mol. The van der Waals surface area contributed by atoms with Crippen LogP contribution >= 0.6 is 0 Å². The van der Waals surface area contributed by atoms with Gasteiger partial charge in [-0.2, -0.15) is 0 Å². The second-order valence-corrected chi connectivity index (χ2v) is 7.88. The van der Waals surface area contributed by atoms with Crippen LogP contribution in [0.5, 0.6) is 0 Å². The van der Waals surface area contributed by atoms with Gasteiger partial charge in [0.1, 0.15) is 5.82 Å². The summed E-state index contributed by atoms with van der Waals surface area (Å²) in [6.07, 6.45) is 0.376. The Hall–Kier alpha value is -2.21. The van der Waals surface area contributed by atoms with Crippen molar-refractivity contribution in [2.45, 2.75) is 31.2 Å². The second kappa shape index (κ2) is 7.57. The first-order chi connectivity index (χ1) is 11.3. The molecule has 0 radical (unpaired) electrons. The number of carbonyl (C=O) groups is 1. The summed E-state index contributed by atoms with van der Waals surface area (Å²) in [5.74, 6) is -0.606. The van der Waals surface area contributed by atoms with Gasteiger partial charge in [-0.1, -0.05) is 25.1 Å². The van der Waals surface area contributed by atoms with Gasteiger partial charge in [0.2, 0.25) is 0 Å². The van der Waals surface area contributed by atoms with Crippen LogP contribution in [0.15, 0.2) is 53.4 Å². The van der Waals surface area contributed by atoms with Crippen LogP contribution in [-0.2, 0) is 16.3 Å². The maximum atomic E-state index is 13.6. The molecule has 0 aliphatic heterocycles. The molecule has 24 heavy (non-hydrogen) atoms. The van der Waals surface area contributed by atoms with Crippen LogP contribution < -0.4 is 5.32 Å². The third-order valence-electron chi connectivity index (χ3n) is 3.72. The number of amides is 1.